The van der Waals surface area contributed by atoms with E-state index in [0.717, 1.165) is 11.4 Å². The average molecular weight is 359 g/mol. The maximum atomic E-state index is 13.6. The third-order valence-electron chi connectivity index (χ3n) is 5.44. The highest BCUT2D eigenvalue weighted by Gasteiger charge is 2.68. The highest BCUT2D eigenvalue weighted by molar-refractivity contribution is 7.15. The van der Waals surface area contributed by atoms with Gasteiger partial charge in [-0.15, -0.1) is 11.3 Å². The summed E-state index contributed by atoms with van der Waals surface area (Å²) in [4.78, 5) is 31.6. The van der Waals surface area contributed by atoms with E-state index in [1.807, 2.05) is 13.8 Å². The number of carbonyl (C=O) groups excluding carboxylic acids is 2. The fraction of sp³-hybridized carbons (Fsp3) is 0.389. The quantitative estimate of drug-likeness (QED) is 0.915. The minimum atomic E-state index is -0.570. The van der Waals surface area contributed by atoms with E-state index in [0.29, 0.717) is 22.7 Å². The number of rotatable bonds is 3. The molecule has 1 aliphatic heterocycles. The molecule has 0 bridgehead atoms. The molecule has 0 spiro atoms. The number of nitrogens with two attached hydrogens (primary N) is 1. The summed E-state index contributed by atoms with van der Waals surface area (Å²) in [7, 11) is 0. The van der Waals surface area contributed by atoms with Gasteiger partial charge in [-0.05, 0) is 43.9 Å². The first-order valence-electron chi connectivity index (χ1n) is 8.18. The highest BCUT2D eigenvalue weighted by atomic mass is 32.1. The third kappa shape index (κ3) is 2.37. The van der Waals surface area contributed by atoms with Crippen LogP contribution in [0.3, 0.4) is 0 Å². The number of amides is 2. The van der Waals surface area contributed by atoms with E-state index in [-0.39, 0.29) is 29.6 Å². The molecule has 0 radical (unpaired) electrons. The van der Waals surface area contributed by atoms with Crippen LogP contribution in [0.15, 0.2) is 24.3 Å². The van der Waals surface area contributed by atoms with Crippen LogP contribution >= 0.6 is 11.3 Å². The molecule has 25 heavy (non-hydrogen) atoms. The van der Waals surface area contributed by atoms with Crippen LogP contribution in [0.25, 0.3) is 10.4 Å². The largest absolute Gasteiger partial charge is 0.369 e. The van der Waals surface area contributed by atoms with E-state index < -0.39 is 5.41 Å². The van der Waals surface area contributed by atoms with Crippen LogP contribution in [0.1, 0.15) is 28.8 Å². The molecular formula is C18H18FN3O2S. The standard InChI is InChI=1S/C18H18FN3O2S/c1-9-13-7-18(13,17(20)24)8-22(9)16(23)14-15(25-10(2)21-14)11-4-3-5-12(19)6-11/h3-6,9,13H,7-8H2,1-2H3,(H2,20,24)/t9-,13+,18-/m0/s1. The predicted octanol–water partition coefficient (Wildman–Crippen LogP) is 2.59. The SMILES string of the molecule is Cc1nc(C(=O)N2C[C@@]3(C(N)=O)C[C@@H]3[C@@H]2C)c(-c2cccc(F)c2)s1. The Balaban J connectivity index is 1.69. The van der Waals surface area contributed by atoms with E-state index in [1.54, 1.807) is 17.0 Å². The number of hydrogen-bond donors (Lipinski definition) is 1. The zero-order chi connectivity index (χ0) is 17.9. The number of thiazole rings is 1. The molecule has 5 nitrogen and oxygen atoms in total. The molecule has 7 heteroatoms. The lowest BCUT2D eigenvalue weighted by molar-refractivity contribution is -0.123. The van der Waals surface area contributed by atoms with Gasteiger partial charge in [0, 0.05) is 12.6 Å². The lowest BCUT2D eigenvalue weighted by Gasteiger charge is -2.24. The maximum absolute atomic E-state index is 13.6. The van der Waals surface area contributed by atoms with Gasteiger partial charge < -0.3 is 10.6 Å². The van der Waals surface area contributed by atoms with Crippen molar-refractivity contribution in [2.75, 3.05) is 6.54 Å². The van der Waals surface area contributed by atoms with Crippen molar-refractivity contribution in [3.63, 3.8) is 0 Å². The van der Waals surface area contributed by atoms with Gasteiger partial charge in [-0.3, -0.25) is 9.59 Å². The van der Waals surface area contributed by atoms with Gasteiger partial charge in [0.15, 0.2) is 0 Å². The van der Waals surface area contributed by atoms with Crippen LogP contribution in [0.4, 0.5) is 4.39 Å². The Kier molecular flexibility index (Phi) is 3.47. The second-order valence-electron chi connectivity index (χ2n) is 6.93. The van der Waals surface area contributed by atoms with Crippen molar-refractivity contribution in [1.29, 1.82) is 0 Å². The summed E-state index contributed by atoms with van der Waals surface area (Å²) in [6.07, 6.45) is 0.750. The minimum absolute atomic E-state index is 0.0534. The van der Waals surface area contributed by atoms with Gasteiger partial charge in [-0.1, -0.05) is 12.1 Å². The van der Waals surface area contributed by atoms with Crippen molar-refractivity contribution < 1.29 is 14.0 Å². The van der Waals surface area contributed by atoms with Gasteiger partial charge >= 0.3 is 0 Å². The number of piperidine rings is 1. The van der Waals surface area contributed by atoms with Crippen LogP contribution in [-0.4, -0.2) is 34.3 Å². The number of nitrogens with zero attached hydrogens (tertiary/aromatic N) is 2. The molecule has 0 unspecified atom stereocenters. The summed E-state index contributed by atoms with van der Waals surface area (Å²) >= 11 is 1.37. The zero-order valence-corrected chi connectivity index (χ0v) is 14.8. The molecule has 2 aliphatic rings. The Morgan fingerprint density at radius 2 is 2.20 bits per heavy atom. The van der Waals surface area contributed by atoms with Crippen molar-refractivity contribution in [3.8, 4) is 10.4 Å². The van der Waals surface area contributed by atoms with Crippen LogP contribution in [0, 0.1) is 24.1 Å². The predicted molar refractivity (Wildman–Crippen MR) is 92.5 cm³/mol. The Morgan fingerprint density at radius 1 is 1.44 bits per heavy atom. The molecule has 1 aliphatic carbocycles. The van der Waals surface area contributed by atoms with Crippen LogP contribution in [-0.2, 0) is 4.79 Å². The molecule has 2 N–H and O–H groups in total. The van der Waals surface area contributed by atoms with E-state index in [1.165, 1.54) is 23.5 Å². The summed E-state index contributed by atoms with van der Waals surface area (Å²) in [6.45, 7) is 4.10. The molecule has 2 amide bonds. The van der Waals surface area contributed by atoms with Gasteiger partial charge in [0.05, 0.1) is 15.3 Å². The molecular weight excluding hydrogens is 341 g/mol. The Bertz CT molecular complexity index is 896. The molecule has 2 aromatic rings. The van der Waals surface area contributed by atoms with E-state index in [4.69, 9.17) is 5.73 Å². The lowest BCUT2D eigenvalue weighted by Crippen LogP contribution is -2.39. The first-order valence-corrected chi connectivity index (χ1v) is 8.99. The van der Waals surface area contributed by atoms with Gasteiger partial charge in [0.25, 0.3) is 5.91 Å². The Hall–Kier alpha value is -2.28. The first-order chi connectivity index (χ1) is 11.8. The van der Waals surface area contributed by atoms with Gasteiger partial charge in [0.2, 0.25) is 5.91 Å². The second kappa shape index (κ2) is 5.36. The second-order valence-corrected chi connectivity index (χ2v) is 8.13. The summed E-state index contributed by atoms with van der Waals surface area (Å²) in [5, 5.41) is 0.740. The topological polar surface area (TPSA) is 76.3 Å². The summed E-state index contributed by atoms with van der Waals surface area (Å²) < 4.78 is 13.6. The number of fused-ring (bicyclic) bond motifs is 1. The Morgan fingerprint density at radius 3 is 2.84 bits per heavy atom. The monoisotopic (exact) mass is 359 g/mol. The minimum Gasteiger partial charge on any atom is -0.369 e. The molecule has 1 aromatic carbocycles. The molecule has 2 heterocycles. The molecule has 4 rings (SSSR count). The molecule has 130 valence electrons. The van der Waals surface area contributed by atoms with Gasteiger partial charge in [-0.25, -0.2) is 9.37 Å². The summed E-state index contributed by atoms with van der Waals surface area (Å²) in [5.74, 6) is -0.778. The van der Waals surface area contributed by atoms with Crippen LogP contribution in [0.2, 0.25) is 0 Å². The van der Waals surface area contributed by atoms with Crippen molar-refractivity contribution >= 4 is 23.2 Å². The zero-order valence-electron chi connectivity index (χ0n) is 14.0. The molecule has 1 saturated carbocycles. The lowest BCUT2D eigenvalue weighted by atomic mass is 10.1. The fourth-order valence-electron chi connectivity index (χ4n) is 3.96. The van der Waals surface area contributed by atoms with E-state index in [2.05, 4.69) is 4.98 Å². The smallest absolute Gasteiger partial charge is 0.274 e. The molecule has 1 saturated heterocycles. The van der Waals surface area contributed by atoms with Crippen molar-refractivity contribution in [1.82, 2.24) is 9.88 Å². The number of primary amides is 1. The summed E-state index contributed by atoms with van der Waals surface area (Å²) in [6, 6.07) is 6.10. The maximum Gasteiger partial charge on any atom is 0.274 e. The average Bonchev–Trinajstić information content (AvgIpc) is 3.07. The number of benzene rings is 1. The van der Waals surface area contributed by atoms with Gasteiger partial charge in [0.1, 0.15) is 11.5 Å². The molecule has 3 atom stereocenters. The van der Waals surface area contributed by atoms with E-state index in [9.17, 15) is 14.0 Å². The fourth-order valence-corrected chi connectivity index (χ4v) is 4.87. The molecule has 2 fully saturated rings. The third-order valence-corrected chi connectivity index (χ3v) is 6.46. The highest BCUT2D eigenvalue weighted by Crippen LogP contribution is 2.60. The number of halogens is 1. The van der Waals surface area contributed by atoms with Crippen molar-refractivity contribution in [2.24, 2.45) is 17.1 Å². The number of likely N-dealkylation sites (tertiary alicyclic amines) is 1. The summed E-state index contributed by atoms with van der Waals surface area (Å²) in [5.41, 5.74) is 5.93. The number of aryl methyl sites for hydroxylation is 1. The van der Waals surface area contributed by atoms with Crippen LogP contribution in [0.5, 0.6) is 0 Å². The van der Waals surface area contributed by atoms with Crippen molar-refractivity contribution in [2.45, 2.75) is 26.3 Å². The first kappa shape index (κ1) is 16.2. The van der Waals surface area contributed by atoms with E-state index >= 15 is 0 Å². The Labute approximate surface area is 148 Å². The molecule has 1 aromatic heterocycles. The number of aromatic nitrogens is 1. The van der Waals surface area contributed by atoms with Crippen LogP contribution < -0.4 is 5.73 Å². The number of hydrogen-bond acceptors (Lipinski definition) is 4. The van der Waals surface area contributed by atoms with Crippen molar-refractivity contribution in [3.05, 3.63) is 40.8 Å². The van der Waals surface area contributed by atoms with Gasteiger partial charge in [-0.2, -0.15) is 0 Å². The normalized spacial score (nSPS) is 27.2. The number of carbonyl (C=O) groups is 2.